The average Bonchev–Trinajstić information content (AvgIpc) is 2.75. The molecule has 1 atom stereocenters. The van der Waals surface area contributed by atoms with Gasteiger partial charge < -0.3 is 15.0 Å². The molecule has 30 heavy (non-hydrogen) atoms. The number of nitrogens with zero attached hydrogens (tertiary/aromatic N) is 3. The van der Waals surface area contributed by atoms with E-state index in [0.29, 0.717) is 6.54 Å². The molecule has 2 aliphatic heterocycles. The molecular formula is C23H36N4O3. The van der Waals surface area contributed by atoms with Crippen LogP contribution in [0.25, 0.3) is 0 Å². The molecule has 7 heteroatoms. The molecule has 1 aromatic rings. The second kappa shape index (κ2) is 11.4. The van der Waals surface area contributed by atoms with Crippen molar-refractivity contribution in [1.29, 1.82) is 0 Å². The van der Waals surface area contributed by atoms with E-state index in [2.05, 4.69) is 34.2 Å². The van der Waals surface area contributed by atoms with Crippen LogP contribution in [0.1, 0.15) is 32.3 Å². The third kappa shape index (κ3) is 7.07. The molecule has 0 saturated carbocycles. The minimum absolute atomic E-state index is 0.0704. The van der Waals surface area contributed by atoms with Crippen LogP contribution in [0.2, 0.25) is 0 Å². The lowest BCUT2D eigenvalue weighted by molar-refractivity contribution is -0.130. The number of amides is 2. The van der Waals surface area contributed by atoms with E-state index in [-0.39, 0.29) is 23.9 Å². The molecule has 2 fully saturated rings. The highest BCUT2D eigenvalue weighted by atomic mass is 16.5. The van der Waals surface area contributed by atoms with Gasteiger partial charge in [-0.15, -0.1) is 0 Å². The van der Waals surface area contributed by atoms with Crippen LogP contribution in [0, 0.1) is 0 Å². The fraction of sp³-hybridized carbons (Fsp3) is 0.652. The van der Waals surface area contributed by atoms with Crippen LogP contribution in [0.15, 0.2) is 30.3 Å². The molecule has 1 N–H and O–H groups in total. The molecular weight excluding hydrogens is 380 g/mol. The van der Waals surface area contributed by atoms with Gasteiger partial charge in [0.05, 0.1) is 19.8 Å². The first-order valence-electron chi connectivity index (χ1n) is 11.1. The summed E-state index contributed by atoms with van der Waals surface area (Å²) in [5, 5.41) is 3.20. The molecule has 0 aromatic heterocycles. The van der Waals surface area contributed by atoms with Crippen LogP contribution >= 0.6 is 0 Å². The van der Waals surface area contributed by atoms with Crippen LogP contribution in [0.5, 0.6) is 0 Å². The second-order valence-electron chi connectivity index (χ2n) is 8.50. The summed E-state index contributed by atoms with van der Waals surface area (Å²) in [6, 6.07) is 10.8. The minimum atomic E-state index is 0.0704. The van der Waals surface area contributed by atoms with Crippen molar-refractivity contribution in [3.63, 3.8) is 0 Å². The molecule has 1 unspecified atom stereocenters. The molecule has 0 aliphatic carbocycles. The zero-order valence-corrected chi connectivity index (χ0v) is 18.4. The largest absolute Gasteiger partial charge is 0.379 e. The second-order valence-corrected chi connectivity index (χ2v) is 8.50. The third-order valence-electron chi connectivity index (χ3n) is 6.13. The van der Waals surface area contributed by atoms with Gasteiger partial charge >= 0.3 is 0 Å². The van der Waals surface area contributed by atoms with E-state index in [1.807, 2.05) is 23.1 Å². The number of carbonyl (C=O) groups is 2. The number of nitrogens with one attached hydrogen (secondary N) is 1. The van der Waals surface area contributed by atoms with Crippen molar-refractivity contribution in [2.45, 2.75) is 45.3 Å². The molecule has 2 aliphatic rings. The van der Waals surface area contributed by atoms with E-state index < -0.39 is 0 Å². The van der Waals surface area contributed by atoms with Gasteiger partial charge in [-0.3, -0.25) is 19.4 Å². The first kappa shape index (κ1) is 22.7. The highest BCUT2D eigenvalue weighted by molar-refractivity contribution is 5.78. The minimum Gasteiger partial charge on any atom is -0.379 e. The fourth-order valence-corrected chi connectivity index (χ4v) is 4.25. The number of benzene rings is 1. The van der Waals surface area contributed by atoms with Crippen molar-refractivity contribution in [2.75, 3.05) is 52.5 Å². The highest BCUT2D eigenvalue weighted by Crippen LogP contribution is 2.13. The number of ether oxygens (including phenoxy) is 1. The number of hydrogen-bond donors (Lipinski definition) is 1. The monoisotopic (exact) mass is 416 g/mol. The summed E-state index contributed by atoms with van der Waals surface area (Å²) >= 11 is 0. The Labute approximate surface area is 180 Å². The van der Waals surface area contributed by atoms with Crippen molar-refractivity contribution in [3.8, 4) is 0 Å². The summed E-state index contributed by atoms with van der Waals surface area (Å²) in [5.41, 5.74) is 1.22. The zero-order valence-electron chi connectivity index (χ0n) is 18.4. The van der Waals surface area contributed by atoms with Gasteiger partial charge in [0.2, 0.25) is 11.8 Å². The molecule has 0 radical (unpaired) electrons. The van der Waals surface area contributed by atoms with Crippen molar-refractivity contribution in [3.05, 3.63) is 35.9 Å². The smallest absolute Gasteiger partial charge is 0.234 e. The average molecular weight is 417 g/mol. The molecule has 0 bridgehead atoms. The van der Waals surface area contributed by atoms with Crippen molar-refractivity contribution >= 4 is 11.8 Å². The Morgan fingerprint density at radius 2 is 1.80 bits per heavy atom. The highest BCUT2D eigenvalue weighted by Gasteiger charge is 2.25. The van der Waals surface area contributed by atoms with Gasteiger partial charge in [0, 0.05) is 58.3 Å². The van der Waals surface area contributed by atoms with E-state index in [4.69, 9.17) is 4.74 Å². The lowest BCUT2D eigenvalue weighted by Gasteiger charge is -2.35. The van der Waals surface area contributed by atoms with Gasteiger partial charge in [-0.25, -0.2) is 0 Å². The number of rotatable bonds is 8. The van der Waals surface area contributed by atoms with Crippen LogP contribution < -0.4 is 5.32 Å². The number of likely N-dealkylation sites (tertiary alicyclic amines) is 1. The number of morpholine rings is 1. The third-order valence-corrected chi connectivity index (χ3v) is 6.13. The quantitative estimate of drug-likeness (QED) is 0.693. The van der Waals surface area contributed by atoms with Gasteiger partial charge in [0.15, 0.2) is 0 Å². The molecule has 7 nitrogen and oxygen atoms in total. The van der Waals surface area contributed by atoms with Gasteiger partial charge in [-0.1, -0.05) is 30.3 Å². The van der Waals surface area contributed by atoms with Crippen LogP contribution in [0.4, 0.5) is 0 Å². The van der Waals surface area contributed by atoms with E-state index in [1.54, 1.807) is 6.92 Å². The lowest BCUT2D eigenvalue weighted by atomic mass is 10.0. The maximum absolute atomic E-state index is 12.9. The molecule has 166 valence electrons. The maximum Gasteiger partial charge on any atom is 0.234 e. The van der Waals surface area contributed by atoms with Crippen molar-refractivity contribution in [2.24, 2.45) is 0 Å². The van der Waals surface area contributed by atoms with E-state index in [9.17, 15) is 9.59 Å². The Morgan fingerprint density at radius 3 is 2.43 bits per heavy atom. The molecule has 3 rings (SSSR count). The molecule has 2 saturated heterocycles. The van der Waals surface area contributed by atoms with Crippen LogP contribution in [-0.2, 0) is 20.9 Å². The lowest BCUT2D eigenvalue weighted by Crippen LogP contribution is -2.51. The van der Waals surface area contributed by atoms with Gasteiger partial charge in [0.25, 0.3) is 0 Å². The SMILES string of the molecule is CC(=O)N1CCC(NC(=O)CN(Cc2ccccc2)C(C)CN2CCOCC2)CC1. The first-order valence-corrected chi connectivity index (χ1v) is 11.1. The summed E-state index contributed by atoms with van der Waals surface area (Å²) in [6.07, 6.45) is 1.65. The Kier molecular flexibility index (Phi) is 8.66. The van der Waals surface area contributed by atoms with Gasteiger partial charge in [-0.2, -0.15) is 0 Å². The first-order chi connectivity index (χ1) is 14.5. The topological polar surface area (TPSA) is 65.1 Å². The fourth-order valence-electron chi connectivity index (χ4n) is 4.25. The normalized spacial score (nSPS) is 19.6. The molecule has 2 heterocycles. The number of piperidine rings is 1. The van der Waals surface area contributed by atoms with Gasteiger partial charge in [0.1, 0.15) is 0 Å². The predicted molar refractivity (Wildman–Crippen MR) is 117 cm³/mol. The summed E-state index contributed by atoms with van der Waals surface area (Å²) < 4.78 is 5.46. The summed E-state index contributed by atoms with van der Waals surface area (Å²) in [6.45, 7) is 10.8. The van der Waals surface area contributed by atoms with E-state index in [0.717, 1.165) is 65.3 Å². The Morgan fingerprint density at radius 1 is 1.13 bits per heavy atom. The maximum atomic E-state index is 12.9. The van der Waals surface area contributed by atoms with E-state index in [1.165, 1.54) is 5.56 Å². The zero-order chi connectivity index (χ0) is 21.3. The Hall–Kier alpha value is -1.96. The standard InChI is InChI=1S/C23H36N4O3/c1-19(16-25-12-14-30-15-13-25)27(17-21-6-4-3-5-7-21)18-23(29)24-22-8-10-26(11-9-22)20(2)28/h3-7,19,22H,8-18H2,1-2H3,(H,24,29). The van der Waals surface area contributed by atoms with Crippen LogP contribution in [0.3, 0.4) is 0 Å². The van der Waals surface area contributed by atoms with Crippen molar-refractivity contribution in [1.82, 2.24) is 20.0 Å². The van der Waals surface area contributed by atoms with Crippen molar-refractivity contribution < 1.29 is 14.3 Å². The molecule has 1 aromatic carbocycles. The predicted octanol–water partition coefficient (Wildman–Crippen LogP) is 1.34. The Bertz CT molecular complexity index is 670. The molecule has 0 spiro atoms. The van der Waals surface area contributed by atoms with E-state index >= 15 is 0 Å². The molecule has 2 amide bonds. The summed E-state index contributed by atoms with van der Waals surface area (Å²) in [4.78, 5) is 30.9. The number of hydrogen-bond acceptors (Lipinski definition) is 5. The summed E-state index contributed by atoms with van der Waals surface area (Å²) in [7, 11) is 0. The summed E-state index contributed by atoms with van der Waals surface area (Å²) in [5.74, 6) is 0.187. The van der Waals surface area contributed by atoms with Gasteiger partial charge in [-0.05, 0) is 25.3 Å². The van der Waals surface area contributed by atoms with Crippen LogP contribution in [-0.4, -0.2) is 91.1 Å². The number of carbonyl (C=O) groups excluding carboxylic acids is 2. The Balaban J connectivity index is 1.55.